The Morgan fingerprint density at radius 3 is 1.85 bits per heavy atom. The SMILES string of the molecule is COc1cc(C)cc(OC)c1Oc1nc(Cl)nc(Cl)n1. The van der Waals surface area contributed by atoms with Gasteiger partial charge in [-0.05, 0) is 47.8 Å². The van der Waals surface area contributed by atoms with Crippen LogP contribution >= 0.6 is 23.2 Å². The monoisotopic (exact) mass is 315 g/mol. The molecule has 0 bridgehead atoms. The van der Waals surface area contributed by atoms with Crippen LogP contribution in [0.2, 0.25) is 10.6 Å². The molecule has 0 spiro atoms. The Labute approximate surface area is 125 Å². The number of aryl methyl sites for hydroxylation is 1. The largest absolute Gasteiger partial charge is 0.493 e. The molecule has 0 atom stereocenters. The number of halogens is 2. The van der Waals surface area contributed by atoms with E-state index in [1.165, 1.54) is 14.2 Å². The van der Waals surface area contributed by atoms with Gasteiger partial charge < -0.3 is 14.2 Å². The molecule has 8 heteroatoms. The zero-order valence-corrected chi connectivity index (χ0v) is 12.5. The summed E-state index contributed by atoms with van der Waals surface area (Å²) in [5, 5.41) is -0.130. The molecule has 1 aromatic heterocycles. The van der Waals surface area contributed by atoms with Gasteiger partial charge in [-0.1, -0.05) is 0 Å². The Hall–Kier alpha value is -1.79. The molecule has 0 aliphatic rings. The summed E-state index contributed by atoms with van der Waals surface area (Å²) in [6.45, 7) is 1.91. The average Bonchev–Trinajstić information content (AvgIpc) is 2.39. The number of hydrogen-bond acceptors (Lipinski definition) is 6. The Balaban J connectivity index is 2.46. The summed E-state index contributed by atoms with van der Waals surface area (Å²) in [4.78, 5) is 11.3. The highest BCUT2D eigenvalue weighted by Gasteiger charge is 2.16. The van der Waals surface area contributed by atoms with Gasteiger partial charge in [0.15, 0.2) is 11.5 Å². The number of ether oxygens (including phenoxy) is 3. The highest BCUT2D eigenvalue weighted by molar-refractivity contribution is 6.31. The van der Waals surface area contributed by atoms with Crippen molar-refractivity contribution in [3.8, 4) is 23.3 Å². The Kier molecular flexibility index (Phi) is 4.46. The van der Waals surface area contributed by atoms with Gasteiger partial charge in [-0.15, -0.1) is 0 Å². The Bertz CT molecular complexity index is 592. The fourth-order valence-electron chi connectivity index (χ4n) is 1.56. The van der Waals surface area contributed by atoms with Crippen molar-refractivity contribution in [2.75, 3.05) is 14.2 Å². The van der Waals surface area contributed by atoms with Gasteiger partial charge in [0.05, 0.1) is 14.2 Å². The van der Waals surface area contributed by atoms with E-state index in [4.69, 9.17) is 37.4 Å². The number of methoxy groups -OCH3 is 2. The molecule has 0 aliphatic carbocycles. The van der Waals surface area contributed by atoms with Crippen LogP contribution in [0, 0.1) is 6.92 Å². The van der Waals surface area contributed by atoms with Crippen molar-refractivity contribution in [1.29, 1.82) is 0 Å². The minimum Gasteiger partial charge on any atom is -0.493 e. The second-order valence-electron chi connectivity index (χ2n) is 3.76. The summed E-state index contributed by atoms with van der Waals surface area (Å²) < 4.78 is 16.1. The van der Waals surface area contributed by atoms with Crippen LogP contribution in [0.25, 0.3) is 0 Å². The van der Waals surface area contributed by atoms with Gasteiger partial charge in [-0.25, -0.2) is 0 Å². The van der Waals surface area contributed by atoms with Crippen LogP contribution < -0.4 is 14.2 Å². The molecule has 0 saturated carbocycles. The molecule has 1 aromatic carbocycles. The maximum atomic E-state index is 5.70. The smallest absolute Gasteiger partial charge is 0.327 e. The molecule has 1 heterocycles. The van der Waals surface area contributed by atoms with Crippen molar-refractivity contribution in [3.05, 3.63) is 28.3 Å². The van der Waals surface area contributed by atoms with E-state index in [1.54, 1.807) is 12.1 Å². The van der Waals surface area contributed by atoms with Crippen molar-refractivity contribution in [2.24, 2.45) is 0 Å². The van der Waals surface area contributed by atoms with Gasteiger partial charge in [0, 0.05) is 0 Å². The molecule has 0 N–H and O–H groups in total. The lowest BCUT2D eigenvalue weighted by Crippen LogP contribution is -1.99. The van der Waals surface area contributed by atoms with E-state index in [2.05, 4.69) is 15.0 Å². The predicted molar refractivity (Wildman–Crippen MR) is 74.2 cm³/mol. The first-order valence-electron chi connectivity index (χ1n) is 5.51. The van der Waals surface area contributed by atoms with E-state index in [0.717, 1.165) is 5.56 Å². The van der Waals surface area contributed by atoms with Crippen molar-refractivity contribution in [3.63, 3.8) is 0 Å². The van der Waals surface area contributed by atoms with E-state index in [-0.39, 0.29) is 16.6 Å². The fourth-order valence-corrected chi connectivity index (χ4v) is 1.91. The first-order chi connectivity index (χ1) is 9.53. The summed E-state index contributed by atoms with van der Waals surface area (Å²) >= 11 is 11.4. The van der Waals surface area contributed by atoms with Gasteiger partial charge >= 0.3 is 6.01 Å². The zero-order chi connectivity index (χ0) is 14.7. The third-order valence-corrected chi connectivity index (χ3v) is 2.70. The predicted octanol–water partition coefficient (Wildman–Crippen LogP) is 3.30. The summed E-state index contributed by atoms with van der Waals surface area (Å²) in [6.07, 6.45) is 0. The van der Waals surface area contributed by atoms with E-state index >= 15 is 0 Å². The third-order valence-electron chi connectivity index (χ3n) is 2.36. The number of nitrogens with zero attached hydrogens (tertiary/aromatic N) is 3. The normalized spacial score (nSPS) is 10.2. The maximum Gasteiger partial charge on any atom is 0.327 e. The quantitative estimate of drug-likeness (QED) is 0.862. The maximum absolute atomic E-state index is 5.70. The molecule has 6 nitrogen and oxygen atoms in total. The topological polar surface area (TPSA) is 66.4 Å². The molecule has 2 aromatic rings. The van der Waals surface area contributed by atoms with Gasteiger partial charge in [-0.3, -0.25) is 0 Å². The van der Waals surface area contributed by atoms with Gasteiger partial charge in [0.2, 0.25) is 16.3 Å². The lowest BCUT2D eigenvalue weighted by molar-refractivity contribution is 0.335. The second-order valence-corrected chi connectivity index (χ2v) is 4.43. The van der Waals surface area contributed by atoms with E-state index in [1.807, 2.05) is 6.92 Å². The van der Waals surface area contributed by atoms with Crippen LogP contribution in [0.4, 0.5) is 0 Å². The molecule has 0 amide bonds. The molecule has 0 aliphatic heterocycles. The molecule has 0 saturated heterocycles. The van der Waals surface area contributed by atoms with Crippen LogP contribution in [-0.2, 0) is 0 Å². The number of aromatic nitrogens is 3. The third kappa shape index (κ3) is 3.20. The van der Waals surface area contributed by atoms with Gasteiger partial charge in [-0.2, -0.15) is 15.0 Å². The summed E-state index contributed by atoms with van der Waals surface area (Å²) in [5.41, 5.74) is 0.956. The molecular formula is C12H11Cl2N3O3. The molecule has 2 rings (SSSR count). The lowest BCUT2D eigenvalue weighted by Gasteiger charge is -2.13. The van der Waals surface area contributed by atoms with Crippen LogP contribution in [0.1, 0.15) is 5.56 Å². The minimum atomic E-state index is -0.0648. The molecule has 0 fully saturated rings. The summed E-state index contributed by atoms with van der Waals surface area (Å²) in [6, 6.07) is 3.54. The fraction of sp³-hybridized carbons (Fsp3) is 0.250. The first kappa shape index (κ1) is 14.6. The van der Waals surface area contributed by atoms with E-state index in [0.29, 0.717) is 17.2 Å². The van der Waals surface area contributed by atoms with Crippen molar-refractivity contribution < 1.29 is 14.2 Å². The number of benzene rings is 1. The molecule has 20 heavy (non-hydrogen) atoms. The van der Waals surface area contributed by atoms with Crippen molar-refractivity contribution >= 4 is 23.2 Å². The Morgan fingerprint density at radius 2 is 1.40 bits per heavy atom. The molecular weight excluding hydrogens is 305 g/mol. The van der Waals surface area contributed by atoms with Crippen LogP contribution in [0.5, 0.6) is 23.3 Å². The second kappa shape index (κ2) is 6.11. The zero-order valence-electron chi connectivity index (χ0n) is 11.0. The van der Waals surface area contributed by atoms with Crippen LogP contribution in [0.3, 0.4) is 0 Å². The standard InChI is InChI=1S/C12H11Cl2N3O3/c1-6-4-7(18-2)9(8(5-6)19-3)20-12-16-10(13)15-11(14)17-12/h4-5H,1-3H3. The van der Waals surface area contributed by atoms with Crippen LogP contribution in [-0.4, -0.2) is 29.2 Å². The van der Waals surface area contributed by atoms with E-state index in [9.17, 15) is 0 Å². The highest BCUT2D eigenvalue weighted by atomic mass is 35.5. The summed E-state index contributed by atoms with van der Waals surface area (Å²) in [7, 11) is 3.04. The van der Waals surface area contributed by atoms with Gasteiger partial charge in [0.25, 0.3) is 0 Å². The lowest BCUT2D eigenvalue weighted by atomic mass is 10.2. The van der Waals surface area contributed by atoms with E-state index < -0.39 is 0 Å². The van der Waals surface area contributed by atoms with Crippen molar-refractivity contribution in [1.82, 2.24) is 15.0 Å². The average molecular weight is 316 g/mol. The van der Waals surface area contributed by atoms with Crippen LogP contribution in [0.15, 0.2) is 12.1 Å². The molecule has 0 unspecified atom stereocenters. The molecule has 106 valence electrons. The first-order valence-corrected chi connectivity index (χ1v) is 6.26. The number of hydrogen-bond donors (Lipinski definition) is 0. The number of rotatable bonds is 4. The minimum absolute atomic E-state index is 0.0459. The highest BCUT2D eigenvalue weighted by Crippen LogP contribution is 2.40. The summed E-state index contributed by atoms with van der Waals surface area (Å²) in [5.74, 6) is 1.29. The van der Waals surface area contributed by atoms with Gasteiger partial charge in [0.1, 0.15) is 0 Å². The molecule has 0 radical (unpaired) electrons. The van der Waals surface area contributed by atoms with Crippen molar-refractivity contribution in [2.45, 2.75) is 6.92 Å². The Morgan fingerprint density at radius 1 is 0.900 bits per heavy atom.